The summed E-state index contributed by atoms with van der Waals surface area (Å²) in [6.45, 7) is 4.84. The number of hydrogen-bond donors (Lipinski definition) is 1. The molecule has 3 heterocycles. The number of likely N-dealkylation sites (tertiary alicyclic amines) is 1. The zero-order valence-electron chi connectivity index (χ0n) is 20.2. The lowest BCUT2D eigenvalue weighted by Gasteiger charge is -2.32. The van der Waals surface area contributed by atoms with E-state index in [9.17, 15) is 14.0 Å². The van der Waals surface area contributed by atoms with Crippen LogP contribution in [0.1, 0.15) is 44.9 Å². The molecule has 0 bridgehead atoms. The van der Waals surface area contributed by atoms with Crippen LogP contribution in [0.2, 0.25) is 0 Å². The molecule has 36 heavy (non-hydrogen) atoms. The topological polar surface area (TPSA) is 80.4 Å². The Balaban J connectivity index is 1.36. The van der Waals surface area contributed by atoms with E-state index in [1.807, 2.05) is 38.1 Å². The molecule has 0 saturated carbocycles. The molecule has 0 atom stereocenters. The minimum atomic E-state index is -0.335. The minimum Gasteiger partial charge on any atom is -0.459 e. The predicted octanol–water partition coefficient (Wildman–Crippen LogP) is 4.92. The first-order chi connectivity index (χ1) is 17.4. The molecule has 1 fully saturated rings. The first kappa shape index (κ1) is 23.5. The number of hydrogen-bond acceptors (Lipinski definition) is 4. The number of carbonyl (C=O) groups excluding carboxylic acids is 2. The van der Waals surface area contributed by atoms with E-state index in [2.05, 4.69) is 5.32 Å². The van der Waals surface area contributed by atoms with Gasteiger partial charge >= 0.3 is 0 Å². The molecule has 1 aliphatic rings. The van der Waals surface area contributed by atoms with Crippen molar-refractivity contribution in [2.75, 3.05) is 13.1 Å². The number of furan rings is 1. The molecule has 1 N–H and O–H groups in total. The second kappa shape index (κ2) is 9.81. The zero-order chi connectivity index (χ0) is 25.2. The molecule has 0 unspecified atom stereocenters. The van der Waals surface area contributed by atoms with E-state index in [-0.39, 0.29) is 23.7 Å². The van der Waals surface area contributed by atoms with Crippen LogP contribution in [-0.2, 0) is 0 Å². The Bertz CT molecular complexity index is 1400. The summed E-state index contributed by atoms with van der Waals surface area (Å²) < 4.78 is 20.4. The summed E-state index contributed by atoms with van der Waals surface area (Å²) >= 11 is 0. The summed E-state index contributed by atoms with van der Waals surface area (Å²) in [5, 5.41) is 7.72. The van der Waals surface area contributed by atoms with Crippen LogP contribution < -0.4 is 5.32 Å². The van der Waals surface area contributed by atoms with Crippen LogP contribution in [-0.4, -0.2) is 45.6 Å². The van der Waals surface area contributed by atoms with Gasteiger partial charge in [-0.2, -0.15) is 5.10 Å². The Morgan fingerprint density at radius 2 is 1.81 bits per heavy atom. The number of nitrogens with zero attached hydrogens (tertiary/aromatic N) is 3. The van der Waals surface area contributed by atoms with Gasteiger partial charge in [-0.3, -0.25) is 9.59 Å². The monoisotopic (exact) mass is 486 g/mol. The fourth-order valence-corrected chi connectivity index (χ4v) is 4.52. The Morgan fingerprint density at radius 1 is 1.06 bits per heavy atom. The van der Waals surface area contributed by atoms with Gasteiger partial charge < -0.3 is 14.6 Å². The second-order valence-electron chi connectivity index (χ2n) is 9.15. The van der Waals surface area contributed by atoms with Crippen LogP contribution in [0.15, 0.2) is 71.5 Å². The van der Waals surface area contributed by atoms with Crippen molar-refractivity contribution in [1.82, 2.24) is 20.0 Å². The fourth-order valence-electron chi connectivity index (χ4n) is 4.52. The smallest absolute Gasteiger partial charge is 0.287 e. The van der Waals surface area contributed by atoms with Crippen LogP contribution in [0.5, 0.6) is 0 Å². The maximum absolute atomic E-state index is 13.6. The molecule has 0 radical (unpaired) electrons. The summed E-state index contributed by atoms with van der Waals surface area (Å²) in [4.78, 5) is 27.9. The second-order valence-corrected chi connectivity index (χ2v) is 9.15. The average molecular weight is 487 g/mol. The summed E-state index contributed by atoms with van der Waals surface area (Å²) in [7, 11) is 0. The molecule has 5 rings (SSSR count). The van der Waals surface area contributed by atoms with E-state index in [0.717, 1.165) is 16.7 Å². The van der Waals surface area contributed by atoms with Crippen molar-refractivity contribution in [3.8, 4) is 16.9 Å². The van der Waals surface area contributed by atoms with E-state index in [1.54, 1.807) is 34.0 Å². The van der Waals surface area contributed by atoms with Gasteiger partial charge in [-0.25, -0.2) is 9.07 Å². The lowest BCUT2D eigenvalue weighted by Crippen LogP contribution is -2.46. The quantitative estimate of drug-likeness (QED) is 0.434. The number of nitrogens with one attached hydrogen (secondary N) is 1. The van der Waals surface area contributed by atoms with Gasteiger partial charge in [0, 0.05) is 36.5 Å². The van der Waals surface area contributed by atoms with Crippen molar-refractivity contribution in [3.63, 3.8) is 0 Å². The van der Waals surface area contributed by atoms with Crippen molar-refractivity contribution in [3.05, 3.63) is 95.3 Å². The Hall–Kier alpha value is -4.20. The molecule has 2 amide bonds. The standard InChI is InChI=1S/C28H27FN4O3/c1-18-4-3-5-20(16-18)25-24(17-33(31-25)23-8-6-21(29)7-9-23)28(35)32-13-10-22(11-14-32)30-27(34)26-19(2)12-15-36-26/h3-9,12,15-17,22H,10-11,13-14H2,1-2H3,(H,30,34). The highest BCUT2D eigenvalue weighted by atomic mass is 19.1. The van der Waals surface area contributed by atoms with E-state index in [4.69, 9.17) is 9.52 Å². The Kier molecular flexibility index (Phi) is 6.41. The zero-order valence-corrected chi connectivity index (χ0v) is 20.2. The van der Waals surface area contributed by atoms with E-state index in [1.165, 1.54) is 18.4 Å². The molecule has 7 nitrogen and oxygen atoms in total. The maximum atomic E-state index is 13.6. The summed E-state index contributed by atoms with van der Waals surface area (Å²) in [6.07, 6.45) is 4.50. The van der Waals surface area contributed by atoms with Crippen LogP contribution in [0.4, 0.5) is 4.39 Å². The van der Waals surface area contributed by atoms with Crippen molar-refractivity contribution in [2.24, 2.45) is 0 Å². The molecule has 8 heteroatoms. The third-order valence-corrected chi connectivity index (χ3v) is 6.51. The van der Waals surface area contributed by atoms with Crippen LogP contribution in [0.25, 0.3) is 16.9 Å². The molecule has 0 aliphatic carbocycles. The molecular formula is C28H27FN4O3. The van der Waals surface area contributed by atoms with Crippen molar-refractivity contribution in [2.45, 2.75) is 32.7 Å². The number of amides is 2. The van der Waals surface area contributed by atoms with Crippen LogP contribution in [0, 0.1) is 19.7 Å². The van der Waals surface area contributed by atoms with Crippen molar-refractivity contribution < 1.29 is 18.4 Å². The first-order valence-electron chi connectivity index (χ1n) is 12.0. The maximum Gasteiger partial charge on any atom is 0.287 e. The van der Waals surface area contributed by atoms with E-state index < -0.39 is 0 Å². The van der Waals surface area contributed by atoms with Gasteiger partial charge in [0.25, 0.3) is 11.8 Å². The molecule has 1 aliphatic heterocycles. The van der Waals surface area contributed by atoms with E-state index >= 15 is 0 Å². The molecule has 2 aromatic carbocycles. The fraction of sp³-hybridized carbons (Fsp3) is 0.250. The summed E-state index contributed by atoms with van der Waals surface area (Å²) in [5.41, 5.74) is 4.43. The molecule has 0 spiro atoms. The van der Waals surface area contributed by atoms with Gasteiger partial charge in [-0.15, -0.1) is 0 Å². The highest BCUT2D eigenvalue weighted by molar-refractivity contribution is 6.00. The molecular weight excluding hydrogens is 459 g/mol. The number of halogens is 1. The van der Waals surface area contributed by atoms with Gasteiger partial charge in [-0.05, 0) is 63.1 Å². The Labute approximate surface area is 208 Å². The summed E-state index contributed by atoms with van der Waals surface area (Å²) in [6, 6.07) is 15.6. The van der Waals surface area contributed by atoms with Crippen LogP contribution >= 0.6 is 0 Å². The number of rotatable bonds is 5. The third kappa shape index (κ3) is 4.79. The number of aromatic nitrogens is 2. The number of aryl methyl sites for hydroxylation is 2. The largest absolute Gasteiger partial charge is 0.459 e. The van der Waals surface area contributed by atoms with Crippen molar-refractivity contribution in [1.29, 1.82) is 0 Å². The van der Waals surface area contributed by atoms with Crippen molar-refractivity contribution >= 4 is 11.8 Å². The Morgan fingerprint density at radius 3 is 2.47 bits per heavy atom. The normalized spacial score (nSPS) is 14.1. The average Bonchev–Trinajstić information content (AvgIpc) is 3.51. The first-order valence-corrected chi connectivity index (χ1v) is 12.0. The molecule has 184 valence electrons. The number of benzene rings is 2. The minimum absolute atomic E-state index is 0.0377. The molecule has 1 saturated heterocycles. The highest BCUT2D eigenvalue weighted by Gasteiger charge is 2.29. The SMILES string of the molecule is Cc1cccc(-c2nn(-c3ccc(F)cc3)cc2C(=O)N2CCC(NC(=O)c3occc3C)CC2)c1. The summed E-state index contributed by atoms with van der Waals surface area (Å²) in [5.74, 6) is -0.362. The van der Waals surface area contributed by atoms with Gasteiger partial charge in [0.15, 0.2) is 5.76 Å². The van der Waals surface area contributed by atoms with Gasteiger partial charge in [-0.1, -0.05) is 23.8 Å². The number of piperidine rings is 1. The molecule has 2 aromatic heterocycles. The highest BCUT2D eigenvalue weighted by Crippen LogP contribution is 2.27. The van der Waals surface area contributed by atoms with Gasteiger partial charge in [0.2, 0.25) is 0 Å². The van der Waals surface area contributed by atoms with Crippen LogP contribution in [0.3, 0.4) is 0 Å². The third-order valence-electron chi connectivity index (χ3n) is 6.51. The lowest BCUT2D eigenvalue weighted by atomic mass is 10.0. The predicted molar refractivity (Wildman–Crippen MR) is 134 cm³/mol. The van der Waals surface area contributed by atoms with E-state index in [0.29, 0.717) is 48.6 Å². The molecule has 4 aromatic rings. The lowest BCUT2D eigenvalue weighted by molar-refractivity contribution is 0.0696. The van der Waals surface area contributed by atoms with Gasteiger partial charge in [0.05, 0.1) is 17.5 Å². The number of carbonyl (C=O) groups is 2. The van der Waals surface area contributed by atoms with Gasteiger partial charge in [0.1, 0.15) is 11.5 Å².